The van der Waals surface area contributed by atoms with Gasteiger partial charge in [0.1, 0.15) is 11.7 Å². The van der Waals surface area contributed by atoms with Crippen molar-refractivity contribution in [2.24, 2.45) is 10.9 Å². The van der Waals surface area contributed by atoms with E-state index in [9.17, 15) is 4.39 Å². The molecule has 5 heteroatoms. The Morgan fingerprint density at radius 1 is 1.44 bits per heavy atom. The van der Waals surface area contributed by atoms with Crippen LogP contribution in [0.5, 0.6) is 0 Å². The van der Waals surface area contributed by atoms with Crippen molar-refractivity contribution in [2.45, 2.75) is 12.8 Å². The number of hydrogen-bond acceptors (Lipinski definition) is 3. The molecule has 1 aromatic rings. The molecule has 0 saturated carbocycles. The average molecular weight is 225 g/mol. The van der Waals surface area contributed by atoms with Crippen LogP contribution in [-0.4, -0.2) is 24.1 Å². The highest BCUT2D eigenvalue weighted by atomic mass is 19.1. The fourth-order valence-corrected chi connectivity index (χ4v) is 1.32. The molecule has 4 nitrogen and oxygen atoms in total. The number of benzene rings is 1. The number of nitrogens with one attached hydrogen (secondary N) is 1. The SMILES string of the molecule is NC(CCNCCc1cccc(F)c1)=NO. The molecule has 4 N–H and O–H groups in total. The van der Waals surface area contributed by atoms with Crippen molar-refractivity contribution in [3.05, 3.63) is 35.6 Å². The second kappa shape index (κ2) is 6.79. The third-order valence-corrected chi connectivity index (χ3v) is 2.17. The molecule has 16 heavy (non-hydrogen) atoms. The van der Waals surface area contributed by atoms with Crippen LogP contribution in [0.2, 0.25) is 0 Å². The lowest BCUT2D eigenvalue weighted by Gasteiger charge is -2.04. The van der Waals surface area contributed by atoms with E-state index in [-0.39, 0.29) is 11.7 Å². The van der Waals surface area contributed by atoms with E-state index in [0.29, 0.717) is 13.0 Å². The van der Waals surface area contributed by atoms with Crippen LogP contribution in [0.3, 0.4) is 0 Å². The van der Waals surface area contributed by atoms with Gasteiger partial charge >= 0.3 is 0 Å². The van der Waals surface area contributed by atoms with Gasteiger partial charge in [-0.15, -0.1) is 0 Å². The van der Waals surface area contributed by atoms with Gasteiger partial charge in [-0.3, -0.25) is 0 Å². The Balaban J connectivity index is 2.16. The predicted molar refractivity (Wildman–Crippen MR) is 61.0 cm³/mol. The van der Waals surface area contributed by atoms with Gasteiger partial charge < -0.3 is 16.3 Å². The van der Waals surface area contributed by atoms with Gasteiger partial charge in [-0.2, -0.15) is 0 Å². The summed E-state index contributed by atoms with van der Waals surface area (Å²) in [7, 11) is 0. The lowest BCUT2D eigenvalue weighted by molar-refractivity contribution is 0.316. The molecular formula is C11H16FN3O. The van der Waals surface area contributed by atoms with Crippen LogP contribution < -0.4 is 11.1 Å². The quantitative estimate of drug-likeness (QED) is 0.223. The Bertz CT molecular complexity index is 355. The number of rotatable bonds is 6. The second-order valence-corrected chi connectivity index (χ2v) is 3.47. The molecule has 0 aliphatic carbocycles. The molecule has 0 fully saturated rings. The number of nitrogens with two attached hydrogens (primary N) is 1. The van der Waals surface area contributed by atoms with Crippen LogP contribution in [0.1, 0.15) is 12.0 Å². The molecule has 0 amide bonds. The van der Waals surface area contributed by atoms with E-state index in [2.05, 4.69) is 10.5 Å². The molecule has 0 spiro atoms. The first kappa shape index (κ1) is 12.4. The zero-order chi connectivity index (χ0) is 11.8. The van der Waals surface area contributed by atoms with Crippen molar-refractivity contribution in [3.63, 3.8) is 0 Å². The van der Waals surface area contributed by atoms with Gasteiger partial charge in [0.15, 0.2) is 0 Å². The van der Waals surface area contributed by atoms with Crippen LogP contribution in [0.15, 0.2) is 29.4 Å². The Kier molecular flexibility index (Phi) is 5.28. The van der Waals surface area contributed by atoms with E-state index >= 15 is 0 Å². The topological polar surface area (TPSA) is 70.6 Å². The summed E-state index contributed by atoms with van der Waals surface area (Å²) in [5, 5.41) is 14.3. The average Bonchev–Trinajstić information content (AvgIpc) is 2.28. The summed E-state index contributed by atoms with van der Waals surface area (Å²) in [6, 6.07) is 6.52. The summed E-state index contributed by atoms with van der Waals surface area (Å²) in [5.74, 6) is -0.00702. The van der Waals surface area contributed by atoms with Crippen LogP contribution in [-0.2, 0) is 6.42 Å². The van der Waals surface area contributed by atoms with E-state index in [0.717, 1.165) is 18.5 Å². The number of halogens is 1. The van der Waals surface area contributed by atoms with E-state index in [4.69, 9.17) is 10.9 Å². The molecule has 1 rings (SSSR count). The minimum absolute atomic E-state index is 0.207. The lowest BCUT2D eigenvalue weighted by Crippen LogP contribution is -2.24. The summed E-state index contributed by atoms with van der Waals surface area (Å²) < 4.78 is 12.8. The Labute approximate surface area is 94.0 Å². The van der Waals surface area contributed by atoms with Crippen LogP contribution in [0.25, 0.3) is 0 Å². The minimum Gasteiger partial charge on any atom is -0.409 e. The summed E-state index contributed by atoms with van der Waals surface area (Å²) in [5.41, 5.74) is 6.25. The zero-order valence-corrected chi connectivity index (χ0v) is 8.99. The van der Waals surface area contributed by atoms with Crippen molar-refractivity contribution >= 4 is 5.84 Å². The number of nitrogens with zero attached hydrogens (tertiary/aromatic N) is 1. The molecule has 0 atom stereocenters. The minimum atomic E-state index is -0.214. The Morgan fingerprint density at radius 3 is 2.94 bits per heavy atom. The van der Waals surface area contributed by atoms with E-state index in [1.54, 1.807) is 6.07 Å². The fourth-order valence-electron chi connectivity index (χ4n) is 1.32. The van der Waals surface area contributed by atoms with Gasteiger partial charge in [-0.25, -0.2) is 4.39 Å². The summed E-state index contributed by atoms with van der Waals surface area (Å²) in [4.78, 5) is 0. The zero-order valence-electron chi connectivity index (χ0n) is 8.99. The van der Waals surface area contributed by atoms with Gasteiger partial charge in [0.25, 0.3) is 0 Å². The van der Waals surface area contributed by atoms with Crippen molar-refractivity contribution in [1.82, 2.24) is 5.32 Å². The molecule has 0 saturated heterocycles. The van der Waals surface area contributed by atoms with Gasteiger partial charge in [0, 0.05) is 13.0 Å². The molecular weight excluding hydrogens is 209 g/mol. The van der Waals surface area contributed by atoms with Crippen molar-refractivity contribution in [3.8, 4) is 0 Å². The highest BCUT2D eigenvalue weighted by Crippen LogP contribution is 2.03. The maximum absolute atomic E-state index is 12.8. The molecule has 0 unspecified atom stereocenters. The van der Waals surface area contributed by atoms with Crippen molar-refractivity contribution in [1.29, 1.82) is 0 Å². The number of hydrogen-bond donors (Lipinski definition) is 3. The first-order chi connectivity index (χ1) is 7.72. The van der Waals surface area contributed by atoms with E-state index in [1.807, 2.05) is 6.07 Å². The smallest absolute Gasteiger partial charge is 0.140 e. The summed E-state index contributed by atoms with van der Waals surface area (Å²) in [6.07, 6.45) is 1.26. The monoisotopic (exact) mass is 225 g/mol. The van der Waals surface area contributed by atoms with Crippen LogP contribution >= 0.6 is 0 Å². The van der Waals surface area contributed by atoms with Crippen molar-refractivity contribution in [2.75, 3.05) is 13.1 Å². The van der Waals surface area contributed by atoms with E-state index < -0.39 is 0 Å². The third-order valence-electron chi connectivity index (χ3n) is 2.17. The molecule has 0 aromatic heterocycles. The van der Waals surface area contributed by atoms with Crippen LogP contribution in [0.4, 0.5) is 4.39 Å². The molecule has 88 valence electrons. The highest BCUT2D eigenvalue weighted by Gasteiger charge is 1.96. The number of oxime groups is 1. The molecule has 0 radical (unpaired) electrons. The van der Waals surface area contributed by atoms with Crippen molar-refractivity contribution < 1.29 is 9.60 Å². The van der Waals surface area contributed by atoms with Gasteiger partial charge in [-0.05, 0) is 30.7 Å². The first-order valence-corrected chi connectivity index (χ1v) is 5.14. The summed E-state index contributed by atoms with van der Waals surface area (Å²) in [6.45, 7) is 1.38. The Morgan fingerprint density at radius 2 is 2.25 bits per heavy atom. The molecule has 0 aliphatic heterocycles. The largest absolute Gasteiger partial charge is 0.409 e. The molecule has 0 aliphatic rings. The van der Waals surface area contributed by atoms with Gasteiger partial charge in [0.05, 0.1) is 0 Å². The lowest BCUT2D eigenvalue weighted by atomic mass is 10.1. The fraction of sp³-hybridized carbons (Fsp3) is 0.364. The normalized spacial score (nSPS) is 11.7. The second-order valence-electron chi connectivity index (χ2n) is 3.47. The predicted octanol–water partition coefficient (Wildman–Crippen LogP) is 1.09. The molecule has 0 bridgehead atoms. The maximum atomic E-state index is 12.8. The standard InChI is InChI=1S/C11H16FN3O/c12-10-3-1-2-9(8-10)4-6-14-7-5-11(13)15-16/h1-3,8,14,16H,4-7H2,(H2,13,15). The van der Waals surface area contributed by atoms with Crippen LogP contribution in [0, 0.1) is 5.82 Å². The molecule has 0 heterocycles. The molecule has 1 aromatic carbocycles. The first-order valence-electron chi connectivity index (χ1n) is 5.14. The maximum Gasteiger partial charge on any atom is 0.140 e. The third kappa shape index (κ3) is 4.75. The van der Waals surface area contributed by atoms with E-state index in [1.165, 1.54) is 12.1 Å². The highest BCUT2D eigenvalue weighted by molar-refractivity contribution is 5.79. The van der Waals surface area contributed by atoms with Gasteiger partial charge in [0.2, 0.25) is 0 Å². The Hall–Kier alpha value is -1.62. The number of amidine groups is 1. The summed E-state index contributed by atoms with van der Waals surface area (Å²) >= 11 is 0. The van der Waals surface area contributed by atoms with Gasteiger partial charge in [-0.1, -0.05) is 17.3 Å².